The molecular formula is C37H44O6. The highest BCUT2D eigenvalue weighted by Gasteiger charge is 2.14. The zero-order chi connectivity index (χ0) is 31.2. The maximum Gasteiger partial charge on any atom is 0.333 e. The van der Waals surface area contributed by atoms with E-state index in [0.29, 0.717) is 29.7 Å². The summed E-state index contributed by atoms with van der Waals surface area (Å²) in [6.07, 6.45) is 5.67. The highest BCUT2D eigenvalue weighted by atomic mass is 16.5. The van der Waals surface area contributed by atoms with Crippen LogP contribution in [0.2, 0.25) is 0 Å². The first-order chi connectivity index (χ1) is 20.7. The van der Waals surface area contributed by atoms with Crippen LogP contribution in [0, 0.1) is 0 Å². The molecule has 0 unspecified atom stereocenters. The van der Waals surface area contributed by atoms with E-state index in [2.05, 4.69) is 62.5 Å². The van der Waals surface area contributed by atoms with Crippen molar-refractivity contribution in [3.63, 3.8) is 0 Å². The molecule has 3 aromatic carbocycles. The lowest BCUT2D eigenvalue weighted by molar-refractivity contribution is -0.139. The van der Waals surface area contributed by atoms with E-state index in [-0.39, 0.29) is 26.4 Å². The van der Waals surface area contributed by atoms with Gasteiger partial charge in [-0.05, 0) is 77.8 Å². The number of hydrogen-bond acceptors (Lipinski definition) is 6. The van der Waals surface area contributed by atoms with Crippen LogP contribution < -0.4 is 4.74 Å². The summed E-state index contributed by atoms with van der Waals surface area (Å²) in [7, 11) is 0. The molecule has 0 spiro atoms. The van der Waals surface area contributed by atoms with Crippen LogP contribution in [0.1, 0.15) is 56.7 Å². The number of unbranched alkanes of at least 4 members (excludes halogenated alkanes) is 2. The van der Waals surface area contributed by atoms with Crippen molar-refractivity contribution >= 4 is 11.9 Å². The van der Waals surface area contributed by atoms with Crippen LogP contribution in [-0.2, 0) is 38.3 Å². The Bertz CT molecular complexity index is 1400. The first-order valence-corrected chi connectivity index (χ1v) is 15.0. The van der Waals surface area contributed by atoms with Crippen LogP contribution in [0.3, 0.4) is 0 Å². The first kappa shape index (κ1) is 33.3. The molecule has 3 rings (SSSR count). The van der Waals surface area contributed by atoms with Gasteiger partial charge in [0.2, 0.25) is 0 Å². The Balaban J connectivity index is 1.94. The van der Waals surface area contributed by atoms with Gasteiger partial charge in [0.25, 0.3) is 0 Å². The number of aryl methyl sites for hydroxylation is 1. The van der Waals surface area contributed by atoms with Crippen molar-refractivity contribution in [2.45, 2.75) is 59.3 Å². The van der Waals surface area contributed by atoms with Gasteiger partial charge < -0.3 is 19.3 Å². The molecule has 6 heteroatoms. The van der Waals surface area contributed by atoms with Crippen molar-refractivity contribution in [2.75, 3.05) is 26.4 Å². The molecule has 0 atom stereocenters. The summed E-state index contributed by atoms with van der Waals surface area (Å²) in [6.45, 7) is 13.2. The fourth-order valence-electron chi connectivity index (χ4n) is 4.70. The lowest BCUT2D eigenvalue weighted by Gasteiger charge is -2.16. The quantitative estimate of drug-likeness (QED) is 0.101. The summed E-state index contributed by atoms with van der Waals surface area (Å²) < 4.78 is 16.6. The largest absolute Gasteiger partial charge is 0.491 e. The summed E-state index contributed by atoms with van der Waals surface area (Å²) >= 11 is 0. The average molecular weight is 585 g/mol. The molecule has 0 saturated heterocycles. The van der Waals surface area contributed by atoms with Gasteiger partial charge in [-0.15, -0.1) is 0 Å². The molecule has 228 valence electrons. The van der Waals surface area contributed by atoms with Gasteiger partial charge in [0, 0.05) is 24.0 Å². The van der Waals surface area contributed by atoms with Gasteiger partial charge >= 0.3 is 11.9 Å². The van der Waals surface area contributed by atoms with Crippen molar-refractivity contribution in [3.8, 4) is 28.0 Å². The monoisotopic (exact) mass is 584 g/mol. The lowest BCUT2D eigenvalue weighted by atomic mass is 9.92. The molecule has 0 radical (unpaired) electrons. The van der Waals surface area contributed by atoms with Gasteiger partial charge in [0.05, 0.1) is 19.8 Å². The molecule has 3 aromatic rings. The van der Waals surface area contributed by atoms with Crippen LogP contribution in [0.25, 0.3) is 22.3 Å². The maximum atomic E-state index is 12.1. The van der Waals surface area contributed by atoms with Gasteiger partial charge in [-0.1, -0.05) is 81.5 Å². The number of carbonyl (C=O) groups excluding carboxylic acids is 2. The summed E-state index contributed by atoms with van der Waals surface area (Å²) in [6, 6.07) is 20.9. The van der Waals surface area contributed by atoms with Gasteiger partial charge in [-0.25, -0.2) is 9.59 Å². The van der Waals surface area contributed by atoms with E-state index in [1.165, 1.54) is 24.8 Å². The highest BCUT2D eigenvalue weighted by Crippen LogP contribution is 2.33. The van der Waals surface area contributed by atoms with Crippen molar-refractivity contribution in [1.29, 1.82) is 0 Å². The van der Waals surface area contributed by atoms with Gasteiger partial charge in [-0.3, -0.25) is 0 Å². The van der Waals surface area contributed by atoms with Crippen LogP contribution in [0.15, 0.2) is 85.0 Å². The summed E-state index contributed by atoms with van der Waals surface area (Å²) in [5, 5.41) is 9.29. The van der Waals surface area contributed by atoms with Crippen molar-refractivity contribution < 1.29 is 28.9 Å². The Morgan fingerprint density at radius 3 is 1.88 bits per heavy atom. The molecule has 43 heavy (non-hydrogen) atoms. The second-order valence-corrected chi connectivity index (χ2v) is 10.8. The Labute approximate surface area is 256 Å². The first-order valence-electron chi connectivity index (χ1n) is 15.0. The zero-order valence-electron chi connectivity index (χ0n) is 25.7. The minimum Gasteiger partial charge on any atom is -0.491 e. The van der Waals surface area contributed by atoms with E-state index in [0.717, 1.165) is 39.8 Å². The van der Waals surface area contributed by atoms with E-state index in [9.17, 15) is 14.7 Å². The number of ether oxygens (including phenoxy) is 3. The number of rotatable bonds is 17. The molecule has 0 fully saturated rings. The molecule has 6 nitrogen and oxygen atoms in total. The van der Waals surface area contributed by atoms with Gasteiger partial charge in [0.15, 0.2) is 0 Å². The average Bonchev–Trinajstić information content (AvgIpc) is 3.00. The molecule has 0 aromatic heterocycles. The molecule has 0 amide bonds. The Kier molecular flexibility index (Phi) is 13.2. The van der Waals surface area contributed by atoms with Crippen LogP contribution in [0.4, 0.5) is 0 Å². The van der Waals surface area contributed by atoms with Crippen LogP contribution in [-0.4, -0.2) is 43.5 Å². The Hall–Kier alpha value is -4.16. The van der Waals surface area contributed by atoms with Crippen LogP contribution >= 0.6 is 0 Å². The number of hydrogen-bond donors (Lipinski definition) is 1. The van der Waals surface area contributed by atoms with Gasteiger partial charge in [-0.2, -0.15) is 0 Å². The topological polar surface area (TPSA) is 82.1 Å². The molecule has 0 heterocycles. The fourth-order valence-corrected chi connectivity index (χ4v) is 4.70. The van der Waals surface area contributed by atoms with E-state index in [1.807, 2.05) is 18.2 Å². The second kappa shape index (κ2) is 17.1. The molecule has 0 bridgehead atoms. The highest BCUT2D eigenvalue weighted by molar-refractivity contribution is 5.87. The second-order valence-electron chi connectivity index (χ2n) is 10.8. The number of esters is 2. The molecule has 0 aliphatic rings. The maximum absolute atomic E-state index is 12.1. The summed E-state index contributed by atoms with van der Waals surface area (Å²) in [5.74, 6) is -0.227. The van der Waals surface area contributed by atoms with E-state index in [1.54, 1.807) is 13.8 Å². The predicted octanol–water partition coefficient (Wildman–Crippen LogP) is 7.45. The minimum absolute atomic E-state index is 0.111. The van der Waals surface area contributed by atoms with E-state index in [4.69, 9.17) is 14.2 Å². The van der Waals surface area contributed by atoms with Gasteiger partial charge in [0.1, 0.15) is 12.4 Å². The predicted molar refractivity (Wildman–Crippen MR) is 172 cm³/mol. The van der Waals surface area contributed by atoms with Crippen molar-refractivity contribution in [1.82, 2.24) is 0 Å². The number of aliphatic hydroxyl groups excluding tert-OH is 1. The van der Waals surface area contributed by atoms with E-state index >= 15 is 0 Å². The zero-order valence-corrected chi connectivity index (χ0v) is 25.7. The lowest BCUT2D eigenvalue weighted by Crippen LogP contribution is -2.10. The number of carbonyl (C=O) groups is 2. The summed E-state index contributed by atoms with van der Waals surface area (Å²) in [5.41, 5.74) is 8.09. The van der Waals surface area contributed by atoms with Crippen molar-refractivity contribution in [2.24, 2.45) is 0 Å². The number of aliphatic hydroxyl groups is 1. The molecule has 1 N–H and O–H groups in total. The summed E-state index contributed by atoms with van der Waals surface area (Å²) in [4.78, 5) is 24.0. The minimum atomic E-state index is -0.440. The smallest absolute Gasteiger partial charge is 0.333 e. The van der Waals surface area contributed by atoms with Crippen molar-refractivity contribution in [3.05, 3.63) is 102 Å². The third-order valence-corrected chi connectivity index (χ3v) is 7.09. The molecule has 0 aliphatic carbocycles. The number of benzene rings is 3. The van der Waals surface area contributed by atoms with Crippen LogP contribution in [0.5, 0.6) is 5.75 Å². The molecule has 0 saturated carbocycles. The third-order valence-electron chi connectivity index (χ3n) is 7.09. The SMILES string of the molecule is C=C(C)C(=O)OCCc1cc(-c2ccc(-c3ccc(CCCCC)cc3)cc2CCOC(=O)C(=C)C)ccc1OCCO. The standard InChI is InChI=1S/C37H44O6/c1-6-7-8-9-28-10-12-29(13-11-28)30-14-16-34(32(24-30)18-21-42-36(39)26(2)3)31-15-17-35(41-23-20-38)33(25-31)19-22-43-37(40)27(4)5/h10-17,24-25,38H,2,4,6-9,18-23H2,1,3,5H3. The molecule has 0 aliphatic heterocycles. The normalized spacial score (nSPS) is 10.7. The Morgan fingerprint density at radius 2 is 1.28 bits per heavy atom. The third kappa shape index (κ3) is 10.3. The Morgan fingerprint density at radius 1 is 0.698 bits per heavy atom. The fraction of sp³-hybridized carbons (Fsp3) is 0.351. The molecular weight excluding hydrogens is 540 g/mol. The van der Waals surface area contributed by atoms with E-state index < -0.39 is 11.9 Å².